The van der Waals surface area contributed by atoms with Crippen LogP contribution in [0.4, 0.5) is 5.82 Å². The van der Waals surface area contributed by atoms with Crippen LogP contribution in [0.15, 0.2) is 18.3 Å². The van der Waals surface area contributed by atoms with Gasteiger partial charge in [0.05, 0.1) is 11.3 Å². The van der Waals surface area contributed by atoms with Gasteiger partial charge in [-0.25, -0.2) is 17.7 Å². The van der Waals surface area contributed by atoms with Crippen LogP contribution in [0.5, 0.6) is 0 Å². The highest BCUT2D eigenvalue weighted by Gasteiger charge is 2.13. The topological polar surface area (TPSA) is 86.1 Å². The average molecular weight is 254 g/mol. The lowest BCUT2D eigenvalue weighted by molar-refractivity contribution is 0.521. The number of pyridine rings is 1. The lowest BCUT2D eigenvalue weighted by atomic mass is 10.3. The van der Waals surface area contributed by atoms with E-state index in [4.69, 9.17) is 5.26 Å². The van der Waals surface area contributed by atoms with Crippen molar-refractivity contribution in [3.63, 3.8) is 0 Å². The van der Waals surface area contributed by atoms with Crippen LogP contribution in [0.3, 0.4) is 0 Å². The van der Waals surface area contributed by atoms with Gasteiger partial charge in [-0.05, 0) is 12.1 Å². The van der Waals surface area contributed by atoms with E-state index in [0.717, 1.165) is 4.31 Å². The van der Waals surface area contributed by atoms with Gasteiger partial charge < -0.3 is 5.32 Å². The Morgan fingerprint density at radius 3 is 2.82 bits per heavy atom. The molecule has 1 heterocycles. The summed E-state index contributed by atoms with van der Waals surface area (Å²) in [7, 11) is -0.262. The Bertz CT molecular complexity index is 519. The van der Waals surface area contributed by atoms with Gasteiger partial charge in [-0.1, -0.05) is 0 Å². The number of nitrogens with zero attached hydrogens (tertiary/aromatic N) is 3. The van der Waals surface area contributed by atoms with Crippen molar-refractivity contribution >= 4 is 15.8 Å². The maximum atomic E-state index is 11.5. The molecule has 0 bridgehead atoms. The van der Waals surface area contributed by atoms with Crippen LogP contribution in [0.1, 0.15) is 5.56 Å². The van der Waals surface area contributed by atoms with Crippen molar-refractivity contribution in [3.8, 4) is 6.07 Å². The van der Waals surface area contributed by atoms with Crippen LogP contribution in [-0.2, 0) is 10.0 Å². The van der Waals surface area contributed by atoms with Gasteiger partial charge in [0.2, 0.25) is 10.0 Å². The molecule has 0 amide bonds. The normalized spacial score (nSPS) is 11.2. The van der Waals surface area contributed by atoms with E-state index in [0.29, 0.717) is 11.4 Å². The molecule has 1 aromatic heterocycles. The molecule has 0 spiro atoms. The van der Waals surface area contributed by atoms with Gasteiger partial charge in [0.15, 0.2) is 0 Å². The second kappa shape index (κ2) is 5.61. The fourth-order valence-electron chi connectivity index (χ4n) is 1.12. The SMILES string of the molecule is CN(C)S(=O)(=O)CCNc1ncccc1C#N. The quantitative estimate of drug-likeness (QED) is 0.814. The van der Waals surface area contributed by atoms with E-state index in [-0.39, 0.29) is 12.3 Å². The minimum atomic E-state index is -3.23. The molecular formula is C10H14N4O2S. The van der Waals surface area contributed by atoms with Gasteiger partial charge in [-0.2, -0.15) is 5.26 Å². The fraction of sp³-hybridized carbons (Fsp3) is 0.400. The second-order valence-electron chi connectivity index (χ2n) is 3.54. The molecule has 0 radical (unpaired) electrons. The Kier molecular flexibility index (Phi) is 4.43. The Morgan fingerprint density at radius 2 is 2.24 bits per heavy atom. The van der Waals surface area contributed by atoms with Crippen LogP contribution in [0.25, 0.3) is 0 Å². The fourth-order valence-corrected chi connectivity index (χ4v) is 1.84. The molecule has 0 aliphatic heterocycles. The number of aromatic nitrogens is 1. The van der Waals surface area contributed by atoms with Crippen molar-refractivity contribution in [1.82, 2.24) is 9.29 Å². The number of sulfonamides is 1. The van der Waals surface area contributed by atoms with Gasteiger partial charge >= 0.3 is 0 Å². The van der Waals surface area contributed by atoms with Crippen molar-refractivity contribution in [2.45, 2.75) is 0 Å². The second-order valence-corrected chi connectivity index (χ2v) is 5.84. The highest BCUT2D eigenvalue weighted by molar-refractivity contribution is 7.89. The van der Waals surface area contributed by atoms with E-state index in [1.54, 1.807) is 18.3 Å². The zero-order valence-corrected chi connectivity index (χ0v) is 10.5. The Morgan fingerprint density at radius 1 is 1.53 bits per heavy atom. The molecule has 0 atom stereocenters. The molecule has 1 rings (SSSR count). The molecule has 0 saturated heterocycles. The zero-order valence-electron chi connectivity index (χ0n) is 9.71. The summed E-state index contributed by atoms with van der Waals surface area (Å²) in [6.07, 6.45) is 1.55. The molecule has 0 fully saturated rings. The number of rotatable bonds is 5. The maximum Gasteiger partial charge on any atom is 0.215 e. The van der Waals surface area contributed by atoms with Gasteiger partial charge in [-0.15, -0.1) is 0 Å². The van der Waals surface area contributed by atoms with Gasteiger partial charge in [0.1, 0.15) is 11.9 Å². The number of anilines is 1. The van der Waals surface area contributed by atoms with Crippen LogP contribution in [0.2, 0.25) is 0 Å². The molecule has 0 unspecified atom stereocenters. The maximum absolute atomic E-state index is 11.5. The first-order chi connectivity index (χ1) is 7.97. The molecule has 7 heteroatoms. The summed E-state index contributed by atoms with van der Waals surface area (Å²) in [6, 6.07) is 5.25. The van der Waals surface area contributed by atoms with E-state index < -0.39 is 10.0 Å². The van der Waals surface area contributed by atoms with Crippen molar-refractivity contribution in [1.29, 1.82) is 5.26 Å². The van der Waals surface area contributed by atoms with Crippen molar-refractivity contribution in [3.05, 3.63) is 23.9 Å². The van der Waals surface area contributed by atoms with Gasteiger partial charge in [0, 0.05) is 26.8 Å². The standard InChI is InChI=1S/C10H14N4O2S/c1-14(2)17(15,16)7-6-13-10-9(8-11)4-3-5-12-10/h3-5H,6-7H2,1-2H3,(H,12,13). The summed E-state index contributed by atoms with van der Waals surface area (Å²) in [6.45, 7) is 0.214. The Balaban J connectivity index is 2.61. The van der Waals surface area contributed by atoms with Crippen LogP contribution in [0, 0.1) is 11.3 Å². The lowest BCUT2D eigenvalue weighted by Crippen LogP contribution is -2.28. The monoisotopic (exact) mass is 254 g/mol. The minimum absolute atomic E-state index is 0.0402. The number of hydrogen-bond donors (Lipinski definition) is 1. The molecule has 17 heavy (non-hydrogen) atoms. The van der Waals surface area contributed by atoms with E-state index in [1.807, 2.05) is 6.07 Å². The predicted octanol–water partition coefficient (Wildman–Crippen LogP) is 0.257. The first-order valence-corrected chi connectivity index (χ1v) is 6.57. The van der Waals surface area contributed by atoms with Gasteiger partial charge in [-0.3, -0.25) is 0 Å². The summed E-state index contributed by atoms with van der Waals surface area (Å²) in [5, 5.41) is 11.6. The smallest absolute Gasteiger partial charge is 0.215 e. The Labute approximate surface area is 101 Å². The number of nitriles is 1. The predicted molar refractivity (Wildman–Crippen MR) is 64.9 cm³/mol. The summed E-state index contributed by atoms with van der Waals surface area (Å²) < 4.78 is 24.1. The first-order valence-electron chi connectivity index (χ1n) is 4.96. The number of nitrogens with one attached hydrogen (secondary N) is 1. The molecule has 92 valence electrons. The molecule has 0 aromatic carbocycles. The first kappa shape index (κ1) is 13.4. The van der Waals surface area contributed by atoms with Gasteiger partial charge in [0.25, 0.3) is 0 Å². The highest BCUT2D eigenvalue weighted by Crippen LogP contribution is 2.09. The lowest BCUT2D eigenvalue weighted by Gasteiger charge is -2.12. The summed E-state index contributed by atoms with van der Waals surface area (Å²) in [5.41, 5.74) is 0.398. The minimum Gasteiger partial charge on any atom is -0.368 e. The summed E-state index contributed by atoms with van der Waals surface area (Å²) in [4.78, 5) is 3.97. The number of hydrogen-bond acceptors (Lipinski definition) is 5. The summed E-state index contributed by atoms with van der Waals surface area (Å²) >= 11 is 0. The molecule has 0 aliphatic carbocycles. The molecule has 1 aromatic rings. The molecular weight excluding hydrogens is 240 g/mol. The van der Waals surface area contributed by atoms with Crippen LogP contribution < -0.4 is 5.32 Å². The van der Waals surface area contributed by atoms with Crippen LogP contribution in [-0.4, -0.2) is 44.1 Å². The van der Waals surface area contributed by atoms with E-state index in [2.05, 4.69) is 10.3 Å². The van der Waals surface area contributed by atoms with E-state index in [9.17, 15) is 8.42 Å². The third-order valence-corrected chi connectivity index (χ3v) is 3.97. The van der Waals surface area contributed by atoms with Crippen molar-refractivity contribution in [2.75, 3.05) is 31.7 Å². The van der Waals surface area contributed by atoms with Crippen LogP contribution >= 0.6 is 0 Å². The third-order valence-electron chi connectivity index (χ3n) is 2.14. The van der Waals surface area contributed by atoms with E-state index >= 15 is 0 Å². The van der Waals surface area contributed by atoms with E-state index in [1.165, 1.54) is 14.1 Å². The molecule has 6 nitrogen and oxygen atoms in total. The average Bonchev–Trinajstić information content (AvgIpc) is 2.29. The summed E-state index contributed by atoms with van der Waals surface area (Å²) in [5.74, 6) is 0.366. The highest BCUT2D eigenvalue weighted by atomic mass is 32.2. The Hall–Kier alpha value is -1.65. The van der Waals surface area contributed by atoms with Crippen molar-refractivity contribution < 1.29 is 8.42 Å². The largest absolute Gasteiger partial charge is 0.368 e. The molecule has 0 aliphatic rings. The molecule has 0 saturated carbocycles. The zero-order chi connectivity index (χ0) is 12.9. The van der Waals surface area contributed by atoms with Crippen molar-refractivity contribution in [2.24, 2.45) is 0 Å². The third kappa shape index (κ3) is 3.69. The molecule has 1 N–H and O–H groups in total.